The molecule has 32 heavy (non-hydrogen) atoms. The molecule has 180 valence electrons. The van der Waals surface area contributed by atoms with Crippen LogP contribution in [0.2, 0.25) is 0 Å². The maximum Gasteiger partial charge on any atom is 0.236 e. The molecule has 0 aromatic heterocycles. The minimum Gasteiger partial charge on any atom is -0.497 e. The summed E-state index contributed by atoms with van der Waals surface area (Å²) in [7, 11) is 1.62. The maximum atomic E-state index is 12.5. The molecule has 0 spiro atoms. The van der Waals surface area contributed by atoms with Crippen LogP contribution in [0.4, 0.5) is 0 Å². The SMILES string of the molecule is CCNC(=NCC(O)c1ccc(OC)cc1)N1CCN(CC(=O)N2CCOCC2)CC1.I. The minimum atomic E-state index is -0.674. The number of halogens is 1. The number of hydrogen-bond acceptors (Lipinski definition) is 6. The molecule has 1 atom stereocenters. The van der Waals surface area contributed by atoms with Gasteiger partial charge < -0.3 is 29.7 Å². The molecule has 3 rings (SSSR count). The van der Waals surface area contributed by atoms with Crippen molar-refractivity contribution in [3.63, 3.8) is 0 Å². The fourth-order valence-electron chi connectivity index (χ4n) is 3.75. The summed E-state index contributed by atoms with van der Waals surface area (Å²) >= 11 is 0. The Balaban J connectivity index is 0.00000363. The Kier molecular flexibility index (Phi) is 11.5. The van der Waals surface area contributed by atoms with Crippen molar-refractivity contribution in [1.82, 2.24) is 20.0 Å². The lowest BCUT2D eigenvalue weighted by atomic mass is 10.1. The Morgan fingerprint density at radius 2 is 1.78 bits per heavy atom. The van der Waals surface area contributed by atoms with Gasteiger partial charge in [-0.05, 0) is 24.6 Å². The van der Waals surface area contributed by atoms with Crippen LogP contribution in [0.15, 0.2) is 29.3 Å². The van der Waals surface area contributed by atoms with E-state index in [1.807, 2.05) is 36.1 Å². The number of methoxy groups -OCH3 is 1. The zero-order valence-electron chi connectivity index (χ0n) is 19.0. The van der Waals surface area contributed by atoms with Crippen LogP contribution in [-0.2, 0) is 9.53 Å². The van der Waals surface area contributed by atoms with Crippen molar-refractivity contribution in [3.05, 3.63) is 29.8 Å². The fraction of sp³-hybridized carbons (Fsp3) is 0.636. The lowest BCUT2D eigenvalue weighted by Crippen LogP contribution is -2.55. The summed E-state index contributed by atoms with van der Waals surface area (Å²) in [4.78, 5) is 23.4. The molecule has 0 radical (unpaired) electrons. The zero-order valence-corrected chi connectivity index (χ0v) is 21.4. The number of nitrogens with zero attached hydrogens (tertiary/aromatic N) is 4. The van der Waals surface area contributed by atoms with Gasteiger partial charge in [0.15, 0.2) is 5.96 Å². The van der Waals surface area contributed by atoms with Crippen molar-refractivity contribution < 1.29 is 19.4 Å². The molecule has 2 aliphatic heterocycles. The van der Waals surface area contributed by atoms with Crippen molar-refractivity contribution in [2.45, 2.75) is 13.0 Å². The van der Waals surface area contributed by atoms with E-state index in [0.717, 1.165) is 50.0 Å². The summed E-state index contributed by atoms with van der Waals surface area (Å²) < 4.78 is 10.5. The number of aliphatic imine (C=N–C) groups is 1. The number of piperazine rings is 1. The number of carbonyl (C=O) groups is 1. The number of rotatable bonds is 7. The van der Waals surface area contributed by atoms with Gasteiger partial charge in [0, 0.05) is 45.8 Å². The first kappa shape index (κ1) is 26.6. The molecule has 2 heterocycles. The Hall–Kier alpha value is -1.63. The molecule has 1 aromatic carbocycles. The largest absolute Gasteiger partial charge is 0.497 e. The number of nitrogens with one attached hydrogen (secondary N) is 1. The van der Waals surface area contributed by atoms with Crippen LogP contribution in [0.25, 0.3) is 0 Å². The molecule has 2 aliphatic rings. The molecule has 1 amide bonds. The highest BCUT2D eigenvalue weighted by molar-refractivity contribution is 14.0. The quantitative estimate of drug-likeness (QED) is 0.289. The first-order chi connectivity index (χ1) is 15.1. The summed E-state index contributed by atoms with van der Waals surface area (Å²) in [5.74, 6) is 1.74. The number of guanidine groups is 1. The standard InChI is InChI=1S/C22H35N5O4.HI/c1-3-23-22(24-16-20(28)18-4-6-19(30-2)7-5-18)27-10-8-25(9-11-27)17-21(29)26-12-14-31-15-13-26;/h4-7,20,28H,3,8-17H2,1-2H3,(H,23,24);1H. The molecular weight excluding hydrogens is 525 g/mol. The van der Waals surface area contributed by atoms with Crippen molar-refractivity contribution in [2.75, 3.05) is 79.2 Å². The fourth-order valence-corrected chi connectivity index (χ4v) is 3.75. The second kappa shape index (κ2) is 13.8. The van der Waals surface area contributed by atoms with E-state index >= 15 is 0 Å². The summed E-state index contributed by atoms with van der Waals surface area (Å²) in [6.07, 6.45) is -0.674. The van der Waals surface area contributed by atoms with Crippen LogP contribution < -0.4 is 10.1 Å². The second-order valence-electron chi connectivity index (χ2n) is 7.74. The number of morpholine rings is 1. The average Bonchev–Trinajstić information content (AvgIpc) is 2.82. The van der Waals surface area contributed by atoms with Gasteiger partial charge in [-0.2, -0.15) is 0 Å². The van der Waals surface area contributed by atoms with E-state index in [4.69, 9.17) is 9.47 Å². The Bertz CT molecular complexity index is 720. The van der Waals surface area contributed by atoms with E-state index < -0.39 is 6.10 Å². The smallest absolute Gasteiger partial charge is 0.236 e. The number of hydrogen-bond donors (Lipinski definition) is 2. The first-order valence-electron chi connectivity index (χ1n) is 11.0. The van der Waals surface area contributed by atoms with Crippen LogP contribution in [-0.4, -0.2) is 111 Å². The summed E-state index contributed by atoms with van der Waals surface area (Å²) in [5, 5.41) is 13.8. The van der Waals surface area contributed by atoms with Crippen LogP contribution in [0, 0.1) is 0 Å². The molecule has 10 heteroatoms. The molecule has 1 aromatic rings. The Morgan fingerprint density at radius 3 is 2.38 bits per heavy atom. The van der Waals surface area contributed by atoms with Crippen molar-refractivity contribution in [1.29, 1.82) is 0 Å². The number of aliphatic hydroxyl groups is 1. The third-order valence-electron chi connectivity index (χ3n) is 5.64. The second-order valence-corrected chi connectivity index (χ2v) is 7.74. The molecular formula is C22H36IN5O4. The molecule has 2 N–H and O–H groups in total. The van der Waals surface area contributed by atoms with Gasteiger partial charge in [-0.1, -0.05) is 12.1 Å². The predicted octanol–water partition coefficient (Wildman–Crippen LogP) is 0.789. The Labute approximate surface area is 207 Å². The average molecular weight is 561 g/mol. The molecule has 2 fully saturated rings. The monoisotopic (exact) mass is 561 g/mol. The van der Waals surface area contributed by atoms with E-state index in [-0.39, 0.29) is 36.4 Å². The van der Waals surface area contributed by atoms with Crippen molar-refractivity contribution >= 4 is 35.8 Å². The van der Waals surface area contributed by atoms with Crippen molar-refractivity contribution in [3.8, 4) is 5.75 Å². The first-order valence-corrected chi connectivity index (χ1v) is 11.0. The number of carbonyl (C=O) groups excluding carboxylic acids is 1. The lowest BCUT2D eigenvalue weighted by Gasteiger charge is -2.37. The zero-order chi connectivity index (χ0) is 22.1. The summed E-state index contributed by atoms with van der Waals surface area (Å²) in [6.45, 7) is 9.36. The van der Waals surface area contributed by atoms with Crippen molar-refractivity contribution in [2.24, 2.45) is 4.99 Å². The van der Waals surface area contributed by atoms with E-state index in [2.05, 4.69) is 20.1 Å². The molecule has 0 bridgehead atoms. The van der Waals surface area contributed by atoms with E-state index in [9.17, 15) is 9.90 Å². The number of amides is 1. The third kappa shape index (κ3) is 7.75. The highest BCUT2D eigenvalue weighted by atomic mass is 127. The molecule has 9 nitrogen and oxygen atoms in total. The number of benzene rings is 1. The van der Waals surface area contributed by atoms with Gasteiger partial charge in [-0.15, -0.1) is 24.0 Å². The minimum absolute atomic E-state index is 0. The van der Waals surface area contributed by atoms with Gasteiger partial charge in [0.25, 0.3) is 0 Å². The van der Waals surface area contributed by atoms with Gasteiger partial charge in [-0.3, -0.25) is 14.7 Å². The van der Waals surface area contributed by atoms with Gasteiger partial charge in [-0.25, -0.2) is 0 Å². The third-order valence-corrected chi connectivity index (χ3v) is 5.64. The summed E-state index contributed by atoms with van der Waals surface area (Å²) in [5.41, 5.74) is 0.812. The lowest BCUT2D eigenvalue weighted by molar-refractivity contribution is -0.136. The predicted molar refractivity (Wildman–Crippen MR) is 135 cm³/mol. The number of ether oxygens (including phenoxy) is 2. The van der Waals surface area contributed by atoms with Crippen LogP contribution in [0.5, 0.6) is 5.75 Å². The molecule has 0 aliphatic carbocycles. The molecule has 0 saturated carbocycles. The van der Waals surface area contributed by atoms with Crippen LogP contribution in [0.1, 0.15) is 18.6 Å². The maximum absolute atomic E-state index is 12.5. The van der Waals surface area contributed by atoms with Gasteiger partial charge in [0.2, 0.25) is 5.91 Å². The summed E-state index contributed by atoms with van der Waals surface area (Å²) in [6, 6.07) is 7.39. The molecule has 2 saturated heterocycles. The number of aliphatic hydroxyl groups excluding tert-OH is 1. The van der Waals surface area contributed by atoms with E-state index in [1.54, 1.807) is 7.11 Å². The van der Waals surface area contributed by atoms with Gasteiger partial charge in [0.1, 0.15) is 5.75 Å². The van der Waals surface area contributed by atoms with Crippen LogP contribution >= 0.6 is 24.0 Å². The molecule has 1 unspecified atom stereocenters. The topological polar surface area (TPSA) is 89.9 Å². The van der Waals surface area contributed by atoms with Gasteiger partial charge in [0.05, 0.1) is 39.5 Å². The highest BCUT2D eigenvalue weighted by Gasteiger charge is 2.24. The highest BCUT2D eigenvalue weighted by Crippen LogP contribution is 2.18. The van der Waals surface area contributed by atoms with E-state index in [1.165, 1.54) is 0 Å². The van der Waals surface area contributed by atoms with Crippen LogP contribution in [0.3, 0.4) is 0 Å². The van der Waals surface area contributed by atoms with E-state index in [0.29, 0.717) is 32.8 Å². The van der Waals surface area contributed by atoms with Gasteiger partial charge >= 0.3 is 0 Å². The Morgan fingerprint density at radius 1 is 1.12 bits per heavy atom. The normalized spacial score (nSPS) is 18.7.